The van der Waals surface area contributed by atoms with Gasteiger partial charge in [0.25, 0.3) is 6.08 Å². The number of aromatic nitrogens is 5. The quantitative estimate of drug-likeness (QED) is 0.492. The second-order valence-corrected chi connectivity index (χ2v) is 7.01. The van der Waals surface area contributed by atoms with Crippen LogP contribution in [0.25, 0.3) is 16.9 Å². The maximum atomic E-state index is 12.8. The first-order valence-electron chi connectivity index (χ1n) is 9.63. The van der Waals surface area contributed by atoms with Crippen LogP contribution in [0.5, 0.6) is 0 Å². The Hall–Kier alpha value is -4.14. The molecule has 0 aliphatic heterocycles. The van der Waals surface area contributed by atoms with Crippen LogP contribution in [0, 0.1) is 0 Å². The van der Waals surface area contributed by atoms with Crippen molar-refractivity contribution in [2.75, 3.05) is 25.5 Å². The molecule has 35 heavy (non-hydrogen) atoms. The Labute approximate surface area is 194 Å². The van der Waals surface area contributed by atoms with Gasteiger partial charge in [0, 0.05) is 44.2 Å². The van der Waals surface area contributed by atoms with E-state index in [1.54, 1.807) is 24.5 Å². The predicted molar refractivity (Wildman–Crippen MR) is 115 cm³/mol. The molecular formula is C20H20F5N7O3. The van der Waals surface area contributed by atoms with Gasteiger partial charge in [0.15, 0.2) is 0 Å². The number of anilines is 1. The van der Waals surface area contributed by atoms with Gasteiger partial charge < -0.3 is 15.7 Å². The fraction of sp³-hybridized carbons (Fsp3) is 0.250. The van der Waals surface area contributed by atoms with E-state index in [-0.39, 0.29) is 18.7 Å². The second-order valence-electron chi connectivity index (χ2n) is 7.01. The molecule has 0 aromatic carbocycles. The molecular weight excluding hydrogens is 481 g/mol. The minimum absolute atomic E-state index is 0.338. The van der Waals surface area contributed by atoms with Crippen molar-refractivity contribution in [1.82, 2.24) is 24.3 Å². The Balaban J connectivity index is 0.000000540. The lowest BCUT2D eigenvalue weighted by atomic mass is 10.2. The molecule has 0 aliphatic rings. The standard InChI is InChI=1S/C18H19F2N7O.C2HF3O2/c1-25(2)16-4-3-12(9-23-16)15-7-14(5-6-22-15)26-11-24-27(18(26)28)10-13(8-21)17(19)20;3-2(4,5)1(6)7/h3-7,9,11H,8,10,21H2,1-2H3;(H,6,7). The van der Waals surface area contributed by atoms with Crippen molar-refractivity contribution in [3.63, 3.8) is 0 Å². The van der Waals surface area contributed by atoms with E-state index in [1.165, 1.54) is 10.9 Å². The second kappa shape index (κ2) is 11.3. The van der Waals surface area contributed by atoms with Gasteiger partial charge in [0.05, 0.1) is 17.9 Å². The van der Waals surface area contributed by atoms with Gasteiger partial charge in [0.2, 0.25) is 0 Å². The summed E-state index contributed by atoms with van der Waals surface area (Å²) in [5, 5.41) is 11.0. The van der Waals surface area contributed by atoms with Crippen LogP contribution < -0.4 is 16.3 Å². The highest BCUT2D eigenvalue weighted by Gasteiger charge is 2.38. The third-order valence-corrected chi connectivity index (χ3v) is 4.35. The summed E-state index contributed by atoms with van der Waals surface area (Å²) in [5.41, 5.74) is 6.32. The summed E-state index contributed by atoms with van der Waals surface area (Å²) in [5.74, 6) is -1.95. The van der Waals surface area contributed by atoms with E-state index in [1.807, 2.05) is 31.1 Å². The van der Waals surface area contributed by atoms with Crippen molar-refractivity contribution >= 4 is 11.8 Å². The number of carbonyl (C=O) groups is 1. The van der Waals surface area contributed by atoms with Gasteiger partial charge >= 0.3 is 17.8 Å². The van der Waals surface area contributed by atoms with Crippen molar-refractivity contribution in [1.29, 1.82) is 0 Å². The van der Waals surface area contributed by atoms with E-state index >= 15 is 0 Å². The fourth-order valence-electron chi connectivity index (χ4n) is 2.53. The van der Waals surface area contributed by atoms with Crippen LogP contribution >= 0.6 is 0 Å². The summed E-state index contributed by atoms with van der Waals surface area (Å²) in [4.78, 5) is 32.0. The average Bonchev–Trinajstić information content (AvgIpc) is 3.17. The van der Waals surface area contributed by atoms with E-state index in [0.29, 0.717) is 11.4 Å². The van der Waals surface area contributed by atoms with Crippen LogP contribution in [0.4, 0.5) is 27.8 Å². The molecule has 0 spiro atoms. The molecule has 0 aliphatic carbocycles. The molecule has 3 rings (SSSR count). The summed E-state index contributed by atoms with van der Waals surface area (Å²) in [7, 11) is 3.79. The van der Waals surface area contributed by atoms with Crippen LogP contribution in [0.15, 0.2) is 59.4 Å². The Morgan fingerprint density at radius 2 is 1.83 bits per heavy atom. The van der Waals surface area contributed by atoms with Crippen molar-refractivity contribution in [3.05, 3.63) is 65.1 Å². The summed E-state index contributed by atoms with van der Waals surface area (Å²) in [6.07, 6.45) is -2.46. The van der Waals surface area contributed by atoms with Crippen molar-refractivity contribution in [2.45, 2.75) is 12.7 Å². The molecule has 0 saturated carbocycles. The Bertz CT molecular complexity index is 1250. The number of aliphatic carboxylic acids is 1. The maximum absolute atomic E-state index is 12.8. The first-order valence-corrected chi connectivity index (χ1v) is 9.63. The van der Waals surface area contributed by atoms with Gasteiger partial charge in [0.1, 0.15) is 12.1 Å². The van der Waals surface area contributed by atoms with Crippen LogP contribution in [-0.2, 0) is 11.3 Å². The van der Waals surface area contributed by atoms with Gasteiger partial charge in [-0.15, -0.1) is 0 Å². The summed E-state index contributed by atoms with van der Waals surface area (Å²) in [6.45, 7) is -0.713. The molecule has 3 aromatic rings. The zero-order valence-electron chi connectivity index (χ0n) is 18.4. The highest BCUT2D eigenvalue weighted by Crippen LogP contribution is 2.20. The molecule has 0 amide bonds. The van der Waals surface area contributed by atoms with E-state index in [2.05, 4.69) is 15.1 Å². The molecule has 0 unspecified atom stereocenters. The van der Waals surface area contributed by atoms with Crippen LogP contribution in [0.1, 0.15) is 0 Å². The zero-order valence-corrected chi connectivity index (χ0v) is 18.4. The lowest BCUT2D eigenvalue weighted by molar-refractivity contribution is -0.192. The lowest BCUT2D eigenvalue weighted by Crippen LogP contribution is -2.26. The van der Waals surface area contributed by atoms with Crippen molar-refractivity contribution < 1.29 is 31.9 Å². The first kappa shape index (κ1) is 27.1. The number of alkyl halides is 3. The molecule has 0 atom stereocenters. The summed E-state index contributed by atoms with van der Waals surface area (Å²) < 4.78 is 59.5. The maximum Gasteiger partial charge on any atom is 0.490 e. The average molecular weight is 501 g/mol. The number of carboxylic acids is 1. The van der Waals surface area contributed by atoms with Gasteiger partial charge in [-0.3, -0.25) is 4.98 Å². The Kier molecular flexibility index (Phi) is 8.77. The summed E-state index contributed by atoms with van der Waals surface area (Å²) in [6, 6.07) is 7.08. The van der Waals surface area contributed by atoms with Gasteiger partial charge in [-0.2, -0.15) is 27.1 Å². The number of halogens is 5. The minimum Gasteiger partial charge on any atom is -0.475 e. The molecule has 0 bridgehead atoms. The minimum atomic E-state index is -5.08. The first-order chi connectivity index (χ1) is 16.3. The molecule has 10 nitrogen and oxygen atoms in total. The molecule has 3 N–H and O–H groups in total. The third kappa shape index (κ3) is 7.17. The lowest BCUT2D eigenvalue weighted by Gasteiger charge is -2.11. The fourth-order valence-corrected chi connectivity index (χ4v) is 2.53. The Morgan fingerprint density at radius 1 is 1.17 bits per heavy atom. The molecule has 0 fully saturated rings. The number of nitrogens with two attached hydrogens (primary N) is 1. The number of hydrogen-bond acceptors (Lipinski definition) is 7. The number of nitrogens with zero attached hydrogens (tertiary/aromatic N) is 6. The SMILES string of the molecule is CN(C)c1ccc(-c2cc(-n3cnn(CC(CN)=C(F)F)c3=O)ccn2)cn1.O=C(O)C(F)(F)F. The topological polar surface area (TPSA) is 132 Å². The largest absolute Gasteiger partial charge is 0.490 e. The van der Waals surface area contributed by atoms with Crippen LogP contribution in [0.2, 0.25) is 0 Å². The molecule has 0 radical (unpaired) electrons. The molecule has 3 aromatic heterocycles. The van der Waals surface area contributed by atoms with E-state index < -0.39 is 23.9 Å². The van der Waals surface area contributed by atoms with Gasteiger partial charge in [-0.1, -0.05) is 0 Å². The van der Waals surface area contributed by atoms with Gasteiger partial charge in [-0.05, 0) is 24.3 Å². The molecule has 0 saturated heterocycles. The molecule has 3 heterocycles. The highest BCUT2D eigenvalue weighted by atomic mass is 19.4. The molecule has 188 valence electrons. The number of hydrogen-bond donors (Lipinski definition) is 2. The number of pyridine rings is 2. The van der Waals surface area contributed by atoms with Gasteiger partial charge in [-0.25, -0.2) is 23.8 Å². The normalized spacial score (nSPS) is 10.9. The van der Waals surface area contributed by atoms with Crippen LogP contribution in [0.3, 0.4) is 0 Å². The number of carboxylic acid groups (broad SMARTS) is 1. The van der Waals surface area contributed by atoms with Crippen molar-refractivity contribution in [3.8, 4) is 16.9 Å². The molecule has 15 heteroatoms. The smallest absolute Gasteiger partial charge is 0.475 e. The van der Waals surface area contributed by atoms with E-state index in [0.717, 1.165) is 16.1 Å². The monoisotopic (exact) mass is 501 g/mol. The summed E-state index contributed by atoms with van der Waals surface area (Å²) >= 11 is 0. The predicted octanol–water partition coefficient (Wildman–Crippen LogP) is 2.30. The third-order valence-electron chi connectivity index (χ3n) is 4.35. The highest BCUT2D eigenvalue weighted by molar-refractivity contribution is 5.73. The van der Waals surface area contributed by atoms with Crippen molar-refractivity contribution in [2.24, 2.45) is 5.73 Å². The van der Waals surface area contributed by atoms with E-state index in [9.17, 15) is 26.7 Å². The van der Waals surface area contributed by atoms with Crippen LogP contribution in [-0.4, -0.2) is 62.2 Å². The number of rotatable bonds is 6. The Morgan fingerprint density at radius 3 is 2.31 bits per heavy atom. The zero-order chi connectivity index (χ0) is 26.3. The van der Waals surface area contributed by atoms with E-state index in [4.69, 9.17) is 15.6 Å².